The van der Waals surface area contributed by atoms with Crippen LogP contribution in [0.25, 0.3) is 0 Å². The number of rotatable bonds is 7. The van der Waals surface area contributed by atoms with Crippen molar-refractivity contribution >= 4 is 40.5 Å². The van der Waals surface area contributed by atoms with Crippen LogP contribution in [0.15, 0.2) is 35.7 Å². The predicted molar refractivity (Wildman–Crippen MR) is 92.7 cm³/mol. The summed E-state index contributed by atoms with van der Waals surface area (Å²) in [5.41, 5.74) is 6.86. The number of halogens is 1. The van der Waals surface area contributed by atoms with E-state index in [0.29, 0.717) is 30.3 Å². The normalized spacial score (nSPS) is 11.5. The molecule has 0 saturated heterocycles. The van der Waals surface area contributed by atoms with E-state index in [2.05, 4.69) is 10.3 Å². The van der Waals surface area contributed by atoms with Crippen LogP contribution >= 0.6 is 23.7 Å². The van der Waals surface area contributed by atoms with Crippen molar-refractivity contribution in [2.75, 3.05) is 12.3 Å². The summed E-state index contributed by atoms with van der Waals surface area (Å²) in [5, 5.41) is 5.13. The fourth-order valence-electron chi connectivity index (χ4n) is 1.71. The summed E-state index contributed by atoms with van der Waals surface area (Å²) in [7, 11) is -0.993. The van der Waals surface area contributed by atoms with Gasteiger partial charge in [0.15, 0.2) is 0 Å². The molecule has 3 N–H and O–H groups in total. The van der Waals surface area contributed by atoms with E-state index in [9.17, 15) is 9.00 Å². The lowest BCUT2D eigenvalue weighted by Gasteiger charge is -2.04. The predicted octanol–water partition coefficient (Wildman–Crippen LogP) is 1.70. The summed E-state index contributed by atoms with van der Waals surface area (Å²) in [6.45, 7) is 0.701. The molecule has 1 atom stereocenters. The lowest BCUT2D eigenvalue weighted by Crippen LogP contribution is -2.28. The highest BCUT2D eigenvalue weighted by molar-refractivity contribution is 7.84. The Bertz CT molecular complexity index is 620. The average Bonchev–Trinajstić information content (AvgIpc) is 2.97. The molecular weight excluding hydrogens is 342 g/mol. The van der Waals surface area contributed by atoms with Gasteiger partial charge in [0.1, 0.15) is 10.7 Å². The maximum atomic E-state index is 11.9. The van der Waals surface area contributed by atoms with Crippen molar-refractivity contribution in [3.8, 4) is 0 Å². The standard InChI is InChI=1S/C14H17N3O2S2.ClH/c15-8-13-17-12(9-20-13)14(18)16-6-7-21(19)10-11-4-2-1-3-5-11;/h1-5,9H,6-8,10,15H2,(H,16,18);1H. The Morgan fingerprint density at radius 3 is 2.68 bits per heavy atom. The van der Waals surface area contributed by atoms with Gasteiger partial charge >= 0.3 is 0 Å². The third kappa shape index (κ3) is 5.84. The fourth-order valence-corrected chi connectivity index (χ4v) is 3.40. The number of amides is 1. The number of hydrogen-bond acceptors (Lipinski definition) is 5. The summed E-state index contributed by atoms with van der Waals surface area (Å²) in [5.74, 6) is 0.682. The van der Waals surface area contributed by atoms with Crippen molar-refractivity contribution in [3.05, 3.63) is 52.0 Å². The topological polar surface area (TPSA) is 85.1 Å². The minimum absolute atomic E-state index is 0. The van der Waals surface area contributed by atoms with Crippen LogP contribution in [-0.4, -0.2) is 27.4 Å². The van der Waals surface area contributed by atoms with Crippen molar-refractivity contribution in [2.24, 2.45) is 5.73 Å². The number of nitrogens with zero attached hydrogens (tertiary/aromatic N) is 1. The molecule has 2 rings (SSSR count). The summed E-state index contributed by atoms with van der Waals surface area (Å²) >= 11 is 1.36. The number of carbonyl (C=O) groups excluding carboxylic acids is 1. The fraction of sp³-hybridized carbons (Fsp3) is 0.286. The van der Waals surface area contributed by atoms with Crippen LogP contribution in [0.3, 0.4) is 0 Å². The lowest BCUT2D eigenvalue weighted by molar-refractivity contribution is 0.0951. The quantitative estimate of drug-likeness (QED) is 0.788. The molecule has 2 aromatic rings. The Kier molecular flexibility index (Phi) is 8.26. The van der Waals surface area contributed by atoms with E-state index in [1.165, 1.54) is 11.3 Å². The number of carbonyl (C=O) groups is 1. The zero-order valence-corrected chi connectivity index (χ0v) is 14.3. The smallest absolute Gasteiger partial charge is 0.270 e. The van der Waals surface area contributed by atoms with Crippen molar-refractivity contribution < 1.29 is 9.00 Å². The molecule has 5 nitrogen and oxygen atoms in total. The highest BCUT2D eigenvalue weighted by atomic mass is 35.5. The van der Waals surface area contributed by atoms with Gasteiger partial charge in [0.25, 0.3) is 5.91 Å². The minimum Gasteiger partial charge on any atom is -0.350 e. The van der Waals surface area contributed by atoms with Crippen LogP contribution in [0, 0.1) is 0 Å². The number of nitrogens with one attached hydrogen (secondary N) is 1. The van der Waals surface area contributed by atoms with E-state index < -0.39 is 10.8 Å². The molecule has 0 spiro atoms. The maximum absolute atomic E-state index is 11.9. The van der Waals surface area contributed by atoms with Crippen molar-refractivity contribution in [1.29, 1.82) is 0 Å². The van der Waals surface area contributed by atoms with Gasteiger partial charge in [-0.05, 0) is 5.56 Å². The Hall–Kier alpha value is -1.28. The van der Waals surface area contributed by atoms with Gasteiger partial charge in [0.2, 0.25) is 0 Å². The SMILES string of the molecule is Cl.NCc1nc(C(=O)NCCS(=O)Cc2ccccc2)cs1. The molecule has 0 aliphatic carbocycles. The third-order valence-corrected chi connectivity index (χ3v) is 4.93. The second-order valence-electron chi connectivity index (χ2n) is 4.36. The van der Waals surface area contributed by atoms with Crippen molar-refractivity contribution in [3.63, 3.8) is 0 Å². The van der Waals surface area contributed by atoms with E-state index in [1.54, 1.807) is 5.38 Å². The van der Waals surface area contributed by atoms with Crippen molar-refractivity contribution in [1.82, 2.24) is 10.3 Å². The average molecular weight is 360 g/mol. The van der Waals surface area contributed by atoms with Crippen LogP contribution in [0.1, 0.15) is 21.1 Å². The molecule has 0 saturated carbocycles. The molecule has 120 valence electrons. The molecule has 1 unspecified atom stereocenters. The highest BCUT2D eigenvalue weighted by Gasteiger charge is 2.10. The summed E-state index contributed by atoms with van der Waals surface area (Å²) in [6.07, 6.45) is 0. The molecular formula is C14H18ClN3O2S2. The van der Waals surface area contributed by atoms with Crippen LogP contribution in [0.4, 0.5) is 0 Å². The summed E-state index contributed by atoms with van der Waals surface area (Å²) < 4.78 is 11.9. The lowest BCUT2D eigenvalue weighted by atomic mass is 10.2. The minimum atomic E-state index is -0.993. The Balaban J connectivity index is 0.00000242. The van der Waals surface area contributed by atoms with Crippen LogP contribution in [0.5, 0.6) is 0 Å². The highest BCUT2D eigenvalue weighted by Crippen LogP contribution is 2.08. The second-order valence-corrected chi connectivity index (χ2v) is 6.88. The van der Waals surface area contributed by atoms with Gasteiger partial charge in [-0.1, -0.05) is 30.3 Å². The zero-order chi connectivity index (χ0) is 15.1. The van der Waals surface area contributed by atoms with Crippen molar-refractivity contribution in [2.45, 2.75) is 12.3 Å². The molecule has 0 aliphatic rings. The van der Waals surface area contributed by atoms with Gasteiger partial charge in [0, 0.05) is 40.8 Å². The first-order valence-electron chi connectivity index (χ1n) is 6.50. The van der Waals surface area contributed by atoms with Gasteiger partial charge in [-0.2, -0.15) is 0 Å². The molecule has 0 radical (unpaired) electrons. The monoisotopic (exact) mass is 359 g/mol. The molecule has 0 fully saturated rings. The molecule has 22 heavy (non-hydrogen) atoms. The van der Waals surface area contributed by atoms with Crippen LogP contribution in [0.2, 0.25) is 0 Å². The first kappa shape index (κ1) is 18.8. The van der Waals surface area contributed by atoms with E-state index >= 15 is 0 Å². The maximum Gasteiger partial charge on any atom is 0.270 e. The van der Waals surface area contributed by atoms with Crippen LogP contribution in [-0.2, 0) is 23.1 Å². The van der Waals surface area contributed by atoms with Gasteiger partial charge in [-0.25, -0.2) is 4.98 Å². The molecule has 1 heterocycles. The number of nitrogens with two attached hydrogens (primary N) is 1. The largest absolute Gasteiger partial charge is 0.350 e. The first-order valence-corrected chi connectivity index (χ1v) is 8.87. The Morgan fingerprint density at radius 1 is 1.32 bits per heavy atom. The molecule has 1 aromatic carbocycles. The van der Waals surface area contributed by atoms with E-state index in [0.717, 1.165) is 10.6 Å². The Labute approximate surface area is 142 Å². The van der Waals surface area contributed by atoms with Gasteiger partial charge in [0.05, 0.1) is 0 Å². The number of benzene rings is 1. The number of thiazole rings is 1. The molecule has 8 heteroatoms. The second kappa shape index (κ2) is 9.68. The zero-order valence-electron chi connectivity index (χ0n) is 11.9. The van der Waals surface area contributed by atoms with Gasteiger partial charge < -0.3 is 11.1 Å². The van der Waals surface area contributed by atoms with Crippen LogP contribution < -0.4 is 11.1 Å². The third-order valence-electron chi connectivity index (χ3n) is 2.74. The van der Waals surface area contributed by atoms with Gasteiger partial charge in [-0.15, -0.1) is 23.7 Å². The molecule has 1 aromatic heterocycles. The summed E-state index contributed by atoms with van der Waals surface area (Å²) in [4.78, 5) is 15.9. The van der Waals surface area contributed by atoms with E-state index in [-0.39, 0.29) is 18.3 Å². The Morgan fingerprint density at radius 2 is 2.05 bits per heavy atom. The summed E-state index contributed by atoms with van der Waals surface area (Å²) in [6, 6.07) is 9.66. The molecule has 0 aliphatic heterocycles. The first-order chi connectivity index (χ1) is 10.2. The number of aromatic nitrogens is 1. The van der Waals surface area contributed by atoms with Gasteiger partial charge in [-0.3, -0.25) is 9.00 Å². The molecule has 0 bridgehead atoms. The molecule has 1 amide bonds. The van der Waals surface area contributed by atoms with E-state index in [4.69, 9.17) is 5.73 Å². The van der Waals surface area contributed by atoms with E-state index in [1.807, 2.05) is 30.3 Å². The number of hydrogen-bond donors (Lipinski definition) is 2.